The molecule has 0 aliphatic carbocycles. The Kier molecular flexibility index (Phi) is 2.92. The van der Waals surface area contributed by atoms with Crippen molar-refractivity contribution >= 4 is 5.82 Å². The summed E-state index contributed by atoms with van der Waals surface area (Å²) in [6, 6.07) is 6.36. The van der Waals surface area contributed by atoms with Crippen LogP contribution < -0.4 is 5.32 Å². The fraction of sp³-hybridized carbons (Fsp3) is 0.571. The SMILES string of the molecule is Cc1cc(C#N)cc(NC2CN3CCC2CC3)n1. The molecule has 2 bridgehead atoms. The van der Waals surface area contributed by atoms with Gasteiger partial charge < -0.3 is 10.2 Å². The third-order valence-electron chi connectivity index (χ3n) is 4.07. The zero-order valence-electron chi connectivity index (χ0n) is 10.7. The van der Waals surface area contributed by atoms with Crippen molar-refractivity contribution in [2.24, 2.45) is 5.92 Å². The number of anilines is 1. The summed E-state index contributed by atoms with van der Waals surface area (Å²) in [5.74, 6) is 1.62. The van der Waals surface area contributed by atoms with Crippen LogP contribution in [0.15, 0.2) is 12.1 Å². The first-order valence-electron chi connectivity index (χ1n) is 6.62. The summed E-state index contributed by atoms with van der Waals surface area (Å²) in [7, 11) is 0. The molecule has 4 heterocycles. The Bertz CT molecular complexity index is 483. The monoisotopic (exact) mass is 242 g/mol. The topological polar surface area (TPSA) is 52.0 Å². The fourth-order valence-corrected chi connectivity index (χ4v) is 3.13. The van der Waals surface area contributed by atoms with E-state index in [0.717, 1.165) is 24.0 Å². The van der Waals surface area contributed by atoms with E-state index in [0.29, 0.717) is 11.6 Å². The van der Waals surface area contributed by atoms with Crippen LogP contribution in [0.1, 0.15) is 24.1 Å². The first-order valence-corrected chi connectivity index (χ1v) is 6.62. The van der Waals surface area contributed by atoms with E-state index in [1.807, 2.05) is 19.1 Å². The average Bonchev–Trinajstić information content (AvgIpc) is 2.39. The maximum atomic E-state index is 8.98. The maximum Gasteiger partial charge on any atom is 0.127 e. The van der Waals surface area contributed by atoms with Gasteiger partial charge >= 0.3 is 0 Å². The van der Waals surface area contributed by atoms with Crippen molar-refractivity contribution in [3.63, 3.8) is 0 Å². The number of nitrogens with zero attached hydrogens (tertiary/aromatic N) is 3. The number of aryl methyl sites for hydroxylation is 1. The Labute approximate surface area is 108 Å². The van der Waals surface area contributed by atoms with Crippen LogP contribution in [-0.2, 0) is 0 Å². The summed E-state index contributed by atoms with van der Waals surface area (Å²) in [6.07, 6.45) is 2.57. The van der Waals surface area contributed by atoms with Crippen molar-refractivity contribution in [3.05, 3.63) is 23.4 Å². The molecule has 0 saturated carbocycles. The minimum atomic E-state index is 0.494. The largest absolute Gasteiger partial charge is 0.366 e. The van der Waals surface area contributed by atoms with Crippen LogP contribution in [0.3, 0.4) is 0 Å². The van der Waals surface area contributed by atoms with Crippen LogP contribution in [0, 0.1) is 24.2 Å². The molecule has 0 aromatic carbocycles. The highest BCUT2D eigenvalue weighted by molar-refractivity contribution is 5.45. The van der Waals surface area contributed by atoms with Crippen molar-refractivity contribution in [1.82, 2.24) is 9.88 Å². The van der Waals surface area contributed by atoms with E-state index in [2.05, 4.69) is 21.3 Å². The lowest BCUT2D eigenvalue weighted by Gasteiger charge is -2.45. The van der Waals surface area contributed by atoms with E-state index in [1.54, 1.807) is 0 Å². The summed E-state index contributed by atoms with van der Waals surface area (Å²) >= 11 is 0. The van der Waals surface area contributed by atoms with Gasteiger partial charge in [0.2, 0.25) is 0 Å². The van der Waals surface area contributed by atoms with Gasteiger partial charge in [0, 0.05) is 18.3 Å². The Morgan fingerprint density at radius 2 is 2.17 bits per heavy atom. The quantitative estimate of drug-likeness (QED) is 0.858. The standard InChI is InChI=1S/C14H18N4/c1-10-6-11(8-15)7-14(16-10)17-13-9-18-4-2-12(13)3-5-18/h6-7,12-13H,2-5,9H2,1H3,(H,16,17). The van der Waals surface area contributed by atoms with E-state index in [9.17, 15) is 0 Å². The summed E-state index contributed by atoms with van der Waals surface area (Å²) in [5.41, 5.74) is 1.59. The Morgan fingerprint density at radius 3 is 2.78 bits per heavy atom. The molecular formula is C14H18N4. The molecule has 3 fully saturated rings. The van der Waals surface area contributed by atoms with E-state index in [-0.39, 0.29) is 0 Å². The third-order valence-corrected chi connectivity index (χ3v) is 4.07. The first kappa shape index (κ1) is 11.5. The molecule has 0 amide bonds. The zero-order valence-corrected chi connectivity index (χ0v) is 10.7. The lowest BCUT2D eigenvalue weighted by atomic mass is 9.84. The lowest BCUT2D eigenvalue weighted by molar-refractivity contribution is 0.0974. The summed E-state index contributed by atoms with van der Waals surface area (Å²) in [4.78, 5) is 6.99. The Morgan fingerprint density at radius 1 is 1.39 bits per heavy atom. The molecule has 1 unspecified atom stereocenters. The third kappa shape index (κ3) is 2.19. The number of hydrogen-bond donors (Lipinski definition) is 1. The van der Waals surface area contributed by atoms with Gasteiger partial charge in [0.15, 0.2) is 0 Å². The normalized spacial score (nSPS) is 29.9. The van der Waals surface area contributed by atoms with Crippen LogP contribution in [0.5, 0.6) is 0 Å². The highest BCUT2D eigenvalue weighted by atomic mass is 15.2. The summed E-state index contributed by atoms with van der Waals surface area (Å²) < 4.78 is 0. The number of piperidine rings is 3. The molecule has 1 aromatic heterocycles. The smallest absolute Gasteiger partial charge is 0.127 e. The first-order chi connectivity index (χ1) is 8.74. The van der Waals surface area contributed by atoms with E-state index in [1.165, 1.54) is 25.9 Å². The number of fused-ring (bicyclic) bond motifs is 3. The molecular weight excluding hydrogens is 224 g/mol. The van der Waals surface area contributed by atoms with E-state index >= 15 is 0 Å². The molecule has 0 radical (unpaired) electrons. The molecule has 18 heavy (non-hydrogen) atoms. The van der Waals surface area contributed by atoms with Gasteiger partial charge in [-0.05, 0) is 50.9 Å². The van der Waals surface area contributed by atoms with Gasteiger partial charge in [-0.15, -0.1) is 0 Å². The van der Waals surface area contributed by atoms with Gasteiger partial charge in [0.1, 0.15) is 5.82 Å². The predicted octanol–water partition coefficient (Wildman–Crippen LogP) is 1.77. The van der Waals surface area contributed by atoms with Crippen molar-refractivity contribution in [2.75, 3.05) is 25.0 Å². The molecule has 3 aliphatic rings. The van der Waals surface area contributed by atoms with Gasteiger partial charge in [-0.2, -0.15) is 5.26 Å². The van der Waals surface area contributed by atoms with Crippen LogP contribution in [0.25, 0.3) is 0 Å². The molecule has 1 aromatic rings. The van der Waals surface area contributed by atoms with Gasteiger partial charge in [-0.25, -0.2) is 4.98 Å². The molecule has 4 rings (SSSR count). The van der Waals surface area contributed by atoms with Crippen LogP contribution >= 0.6 is 0 Å². The molecule has 4 nitrogen and oxygen atoms in total. The van der Waals surface area contributed by atoms with Crippen molar-refractivity contribution in [1.29, 1.82) is 5.26 Å². The van der Waals surface area contributed by atoms with Gasteiger partial charge in [-0.3, -0.25) is 0 Å². The highest BCUT2D eigenvalue weighted by Gasteiger charge is 2.34. The molecule has 3 saturated heterocycles. The second-order valence-electron chi connectivity index (χ2n) is 5.38. The second-order valence-corrected chi connectivity index (χ2v) is 5.38. The van der Waals surface area contributed by atoms with Gasteiger partial charge in [0.05, 0.1) is 11.6 Å². The lowest BCUT2D eigenvalue weighted by Crippen LogP contribution is -2.53. The Balaban J connectivity index is 1.77. The molecule has 1 atom stereocenters. The van der Waals surface area contributed by atoms with Gasteiger partial charge in [-0.1, -0.05) is 0 Å². The molecule has 1 N–H and O–H groups in total. The molecule has 4 heteroatoms. The minimum absolute atomic E-state index is 0.494. The molecule has 94 valence electrons. The summed E-state index contributed by atoms with van der Waals surface area (Å²) in [6.45, 7) is 5.53. The maximum absolute atomic E-state index is 8.98. The number of aromatic nitrogens is 1. The van der Waals surface area contributed by atoms with Gasteiger partial charge in [0.25, 0.3) is 0 Å². The van der Waals surface area contributed by atoms with E-state index < -0.39 is 0 Å². The second kappa shape index (κ2) is 4.58. The minimum Gasteiger partial charge on any atom is -0.366 e. The fourth-order valence-electron chi connectivity index (χ4n) is 3.13. The number of pyridine rings is 1. The van der Waals surface area contributed by atoms with Crippen molar-refractivity contribution < 1.29 is 0 Å². The predicted molar refractivity (Wildman–Crippen MR) is 70.3 cm³/mol. The average molecular weight is 242 g/mol. The van der Waals surface area contributed by atoms with Crippen LogP contribution in [0.2, 0.25) is 0 Å². The molecule has 0 spiro atoms. The number of nitriles is 1. The summed E-state index contributed by atoms with van der Waals surface area (Å²) in [5, 5.41) is 12.5. The van der Waals surface area contributed by atoms with Crippen LogP contribution in [0.4, 0.5) is 5.82 Å². The highest BCUT2D eigenvalue weighted by Crippen LogP contribution is 2.29. The number of nitrogens with one attached hydrogen (secondary N) is 1. The van der Waals surface area contributed by atoms with Crippen LogP contribution in [-0.4, -0.2) is 35.6 Å². The van der Waals surface area contributed by atoms with Crippen molar-refractivity contribution in [3.8, 4) is 6.07 Å². The van der Waals surface area contributed by atoms with E-state index in [4.69, 9.17) is 5.26 Å². The number of hydrogen-bond acceptors (Lipinski definition) is 4. The Hall–Kier alpha value is -1.60. The number of rotatable bonds is 2. The molecule has 3 aliphatic heterocycles. The zero-order chi connectivity index (χ0) is 12.5. The van der Waals surface area contributed by atoms with Crippen molar-refractivity contribution in [2.45, 2.75) is 25.8 Å².